The minimum atomic E-state index is -0.702. The summed E-state index contributed by atoms with van der Waals surface area (Å²) in [6.07, 6.45) is 3.83. The van der Waals surface area contributed by atoms with Gasteiger partial charge < -0.3 is 15.4 Å². The fraction of sp³-hybridized carbons (Fsp3) is 0.750. The SMILES string of the molecule is COC(=O)C1CCCN1C(=O)C1(C(N)=S)CCC1. The third kappa shape index (κ3) is 1.88. The highest BCUT2D eigenvalue weighted by molar-refractivity contribution is 7.80. The molecule has 2 N–H and O–H groups in total. The number of carbonyl (C=O) groups excluding carboxylic acids is 2. The lowest BCUT2D eigenvalue weighted by molar-refractivity contribution is -0.155. The molecule has 1 amide bonds. The van der Waals surface area contributed by atoms with Crippen molar-refractivity contribution in [2.75, 3.05) is 13.7 Å². The Balaban J connectivity index is 2.17. The van der Waals surface area contributed by atoms with Crippen LogP contribution in [0.2, 0.25) is 0 Å². The van der Waals surface area contributed by atoms with E-state index in [1.807, 2.05) is 0 Å². The summed E-state index contributed by atoms with van der Waals surface area (Å²) in [7, 11) is 1.34. The van der Waals surface area contributed by atoms with Gasteiger partial charge in [0.15, 0.2) is 0 Å². The van der Waals surface area contributed by atoms with Gasteiger partial charge in [0.25, 0.3) is 0 Å². The number of thiocarbonyl (C=S) groups is 1. The molecular formula is C12H18N2O3S. The van der Waals surface area contributed by atoms with Crippen molar-refractivity contribution in [3.8, 4) is 0 Å². The summed E-state index contributed by atoms with van der Waals surface area (Å²) in [6.45, 7) is 0.586. The van der Waals surface area contributed by atoms with Crippen molar-refractivity contribution in [2.45, 2.75) is 38.1 Å². The minimum Gasteiger partial charge on any atom is -0.467 e. The van der Waals surface area contributed by atoms with Crippen LogP contribution in [0.5, 0.6) is 0 Å². The number of esters is 1. The van der Waals surface area contributed by atoms with Gasteiger partial charge in [-0.2, -0.15) is 0 Å². The first-order valence-corrected chi connectivity index (χ1v) is 6.62. The van der Waals surface area contributed by atoms with E-state index in [4.69, 9.17) is 22.7 Å². The Bertz CT molecular complexity index is 393. The minimum absolute atomic E-state index is 0.0887. The van der Waals surface area contributed by atoms with E-state index in [0.717, 1.165) is 12.8 Å². The van der Waals surface area contributed by atoms with Gasteiger partial charge in [0.2, 0.25) is 5.91 Å². The summed E-state index contributed by atoms with van der Waals surface area (Å²) in [4.78, 5) is 26.1. The number of amides is 1. The van der Waals surface area contributed by atoms with Crippen LogP contribution in [0.4, 0.5) is 0 Å². The highest BCUT2D eigenvalue weighted by atomic mass is 32.1. The Morgan fingerprint density at radius 2 is 2.06 bits per heavy atom. The average molecular weight is 270 g/mol. The lowest BCUT2D eigenvalue weighted by Crippen LogP contribution is -2.56. The topological polar surface area (TPSA) is 72.6 Å². The molecule has 0 spiro atoms. The van der Waals surface area contributed by atoms with E-state index in [2.05, 4.69) is 0 Å². The van der Waals surface area contributed by atoms with Crippen molar-refractivity contribution in [1.82, 2.24) is 4.90 Å². The molecule has 0 bridgehead atoms. The van der Waals surface area contributed by atoms with Gasteiger partial charge in [0.1, 0.15) is 6.04 Å². The number of hydrogen-bond donors (Lipinski definition) is 1. The van der Waals surface area contributed by atoms with Crippen molar-refractivity contribution in [3.63, 3.8) is 0 Å². The van der Waals surface area contributed by atoms with Crippen LogP contribution in [-0.2, 0) is 14.3 Å². The van der Waals surface area contributed by atoms with E-state index in [0.29, 0.717) is 25.8 Å². The van der Waals surface area contributed by atoms with Crippen LogP contribution in [0.25, 0.3) is 0 Å². The highest BCUT2D eigenvalue weighted by Gasteiger charge is 2.51. The summed E-state index contributed by atoms with van der Waals surface area (Å²) in [6, 6.07) is -0.464. The Labute approximate surface area is 112 Å². The summed E-state index contributed by atoms with van der Waals surface area (Å²) in [5.74, 6) is -0.438. The van der Waals surface area contributed by atoms with Crippen LogP contribution in [0.3, 0.4) is 0 Å². The molecule has 1 unspecified atom stereocenters. The summed E-state index contributed by atoms with van der Waals surface area (Å²) >= 11 is 5.04. The third-order valence-electron chi connectivity index (χ3n) is 4.08. The van der Waals surface area contributed by atoms with Crippen molar-refractivity contribution in [2.24, 2.45) is 11.1 Å². The summed E-state index contributed by atoms with van der Waals surface area (Å²) in [5.41, 5.74) is 5.02. The molecule has 1 saturated carbocycles. The molecule has 1 aliphatic carbocycles. The zero-order chi connectivity index (χ0) is 13.3. The Kier molecular flexibility index (Phi) is 3.56. The van der Waals surface area contributed by atoms with Gasteiger partial charge in [-0.25, -0.2) is 4.79 Å². The van der Waals surface area contributed by atoms with E-state index < -0.39 is 11.5 Å². The Morgan fingerprint density at radius 3 is 2.50 bits per heavy atom. The molecule has 1 aliphatic heterocycles. The van der Waals surface area contributed by atoms with Gasteiger partial charge >= 0.3 is 5.97 Å². The maximum Gasteiger partial charge on any atom is 0.328 e. The lowest BCUT2D eigenvalue weighted by Gasteiger charge is -2.42. The molecule has 1 saturated heterocycles. The largest absolute Gasteiger partial charge is 0.467 e. The predicted molar refractivity (Wildman–Crippen MR) is 69.8 cm³/mol. The lowest BCUT2D eigenvalue weighted by atomic mass is 9.67. The summed E-state index contributed by atoms with van der Waals surface area (Å²) < 4.78 is 4.74. The molecule has 6 heteroatoms. The first kappa shape index (κ1) is 13.3. The van der Waals surface area contributed by atoms with Crippen LogP contribution in [0.15, 0.2) is 0 Å². The number of hydrogen-bond acceptors (Lipinski definition) is 4. The number of nitrogens with zero attached hydrogens (tertiary/aromatic N) is 1. The zero-order valence-electron chi connectivity index (χ0n) is 10.5. The monoisotopic (exact) mass is 270 g/mol. The fourth-order valence-corrected chi connectivity index (χ4v) is 3.05. The number of rotatable bonds is 3. The highest BCUT2D eigenvalue weighted by Crippen LogP contribution is 2.44. The number of methoxy groups -OCH3 is 1. The van der Waals surface area contributed by atoms with Gasteiger partial charge in [-0.1, -0.05) is 18.6 Å². The second kappa shape index (κ2) is 4.84. The standard InChI is InChI=1S/C12H18N2O3S/c1-17-9(15)8-4-2-7-14(8)11(16)12(10(13)18)5-3-6-12/h8H,2-7H2,1H3,(H2,13,18). The van der Waals surface area contributed by atoms with Gasteiger partial charge in [-0.3, -0.25) is 4.79 Å². The second-order valence-electron chi connectivity index (χ2n) is 4.98. The van der Waals surface area contributed by atoms with Crippen LogP contribution in [0.1, 0.15) is 32.1 Å². The average Bonchev–Trinajstić information content (AvgIpc) is 2.74. The van der Waals surface area contributed by atoms with Crippen LogP contribution in [0, 0.1) is 5.41 Å². The Hall–Kier alpha value is -1.17. The molecule has 0 aromatic heterocycles. The van der Waals surface area contributed by atoms with Crippen LogP contribution in [-0.4, -0.2) is 41.5 Å². The van der Waals surface area contributed by atoms with Crippen LogP contribution >= 0.6 is 12.2 Å². The molecule has 2 aliphatic rings. The fourth-order valence-electron chi connectivity index (χ4n) is 2.76. The zero-order valence-corrected chi connectivity index (χ0v) is 11.3. The van der Waals surface area contributed by atoms with Gasteiger partial charge in [0, 0.05) is 6.54 Å². The molecule has 5 nitrogen and oxygen atoms in total. The van der Waals surface area contributed by atoms with Crippen molar-refractivity contribution in [1.29, 1.82) is 0 Å². The molecule has 0 aromatic rings. The quantitative estimate of drug-likeness (QED) is 0.601. The van der Waals surface area contributed by atoms with Crippen molar-refractivity contribution < 1.29 is 14.3 Å². The normalized spacial score (nSPS) is 25.4. The molecule has 0 radical (unpaired) electrons. The molecule has 2 rings (SSSR count). The number of likely N-dealkylation sites (tertiary alicyclic amines) is 1. The van der Waals surface area contributed by atoms with E-state index in [1.54, 1.807) is 4.90 Å². The van der Waals surface area contributed by atoms with Crippen LogP contribution < -0.4 is 5.73 Å². The predicted octanol–water partition coefficient (Wildman–Crippen LogP) is 0.607. The van der Waals surface area contributed by atoms with E-state index in [1.165, 1.54) is 7.11 Å². The van der Waals surface area contributed by atoms with Crippen molar-refractivity contribution in [3.05, 3.63) is 0 Å². The maximum absolute atomic E-state index is 12.6. The Morgan fingerprint density at radius 1 is 1.39 bits per heavy atom. The van der Waals surface area contributed by atoms with Gasteiger partial charge in [0.05, 0.1) is 17.5 Å². The van der Waals surface area contributed by atoms with E-state index >= 15 is 0 Å². The maximum atomic E-state index is 12.6. The summed E-state index contributed by atoms with van der Waals surface area (Å²) in [5, 5.41) is 0. The second-order valence-corrected chi connectivity index (χ2v) is 5.42. The molecule has 1 atom stereocenters. The molecule has 2 fully saturated rings. The first-order valence-electron chi connectivity index (χ1n) is 6.22. The van der Waals surface area contributed by atoms with Gasteiger partial charge in [-0.15, -0.1) is 0 Å². The first-order chi connectivity index (χ1) is 8.53. The number of ether oxygens (including phenoxy) is 1. The molecular weight excluding hydrogens is 252 g/mol. The van der Waals surface area contributed by atoms with Crippen molar-refractivity contribution >= 4 is 29.1 Å². The van der Waals surface area contributed by atoms with E-state index in [9.17, 15) is 9.59 Å². The number of nitrogens with two attached hydrogens (primary N) is 1. The molecule has 18 heavy (non-hydrogen) atoms. The third-order valence-corrected chi connectivity index (χ3v) is 4.47. The molecule has 0 aromatic carbocycles. The van der Waals surface area contributed by atoms with Gasteiger partial charge in [-0.05, 0) is 25.7 Å². The molecule has 100 valence electrons. The molecule has 1 heterocycles. The number of carbonyl (C=O) groups is 2. The smallest absolute Gasteiger partial charge is 0.328 e. The van der Waals surface area contributed by atoms with E-state index in [-0.39, 0.29) is 16.9 Å².